The van der Waals surface area contributed by atoms with E-state index in [1.807, 2.05) is 0 Å². The molecule has 1 unspecified atom stereocenters. The van der Waals surface area contributed by atoms with E-state index in [9.17, 15) is 9.59 Å². The molecule has 0 aliphatic heterocycles. The van der Waals surface area contributed by atoms with E-state index in [0.717, 1.165) is 19.3 Å². The Morgan fingerprint density at radius 2 is 1.19 bits per heavy atom. The van der Waals surface area contributed by atoms with Crippen molar-refractivity contribution < 1.29 is 19.4 Å². The zero-order chi connectivity index (χ0) is 20.0. The van der Waals surface area contributed by atoms with E-state index in [4.69, 9.17) is 5.11 Å². The normalized spacial score (nSPS) is 11.4. The smallest absolute Gasteiger partial charge is 0.306 e. The summed E-state index contributed by atoms with van der Waals surface area (Å²) >= 11 is 0. The monoisotopic (exact) mass is 372 g/mol. The first kappa shape index (κ1) is 27.2. The molecule has 26 heavy (non-hydrogen) atoms. The molecule has 0 rings (SSSR count). The summed E-state index contributed by atoms with van der Waals surface area (Å²) in [5.41, 5.74) is 0. The Bertz CT molecular complexity index is 313. The number of methoxy groups -OCH3 is 1. The predicted molar refractivity (Wildman–Crippen MR) is 109 cm³/mol. The van der Waals surface area contributed by atoms with Crippen LogP contribution in [0.3, 0.4) is 0 Å². The summed E-state index contributed by atoms with van der Waals surface area (Å²) in [5.74, 6) is -0.895. The number of hydrogen-bond donors (Lipinski definition) is 1. The van der Waals surface area contributed by atoms with Crippen LogP contribution in [0.5, 0.6) is 0 Å². The van der Waals surface area contributed by atoms with Crippen LogP contribution in [0.15, 0.2) is 0 Å². The Morgan fingerprint density at radius 1 is 0.769 bits per heavy atom. The average molecular weight is 373 g/mol. The number of esters is 1. The maximum atomic E-state index is 10.7. The molecule has 0 radical (unpaired) electrons. The molecule has 156 valence electrons. The maximum Gasteiger partial charge on any atom is 0.306 e. The zero-order valence-corrected chi connectivity index (χ0v) is 17.9. The van der Waals surface area contributed by atoms with Gasteiger partial charge in [-0.1, -0.05) is 97.8 Å². The molecule has 0 aliphatic carbocycles. The van der Waals surface area contributed by atoms with Crippen molar-refractivity contribution in [1.82, 2.24) is 0 Å². The van der Waals surface area contributed by atoms with Crippen molar-refractivity contribution >= 4 is 11.9 Å². The van der Waals surface area contributed by atoms with Crippen molar-refractivity contribution in [2.45, 2.75) is 117 Å². The minimum Gasteiger partial charge on any atom is -0.481 e. The zero-order valence-electron chi connectivity index (χ0n) is 17.9. The molecule has 0 aromatic heterocycles. The fourth-order valence-corrected chi connectivity index (χ4v) is 2.68. The lowest BCUT2D eigenvalue weighted by Crippen LogP contribution is -2.08. The third kappa shape index (κ3) is 22.9. The van der Waals surface area contributed by atoms with Crippen molar-refractivity contribution in [3.8, 4) is 0 Å². The van der Waals surface area contributed by atoms with Crippen molar-refractivity contribution in [2.75, 3.05) is 7.11 Å². The summed E-state index contributed by atoms with van der Waals surface area (Å²) in [6, 6.07) is 0. The van der Waals surface area contributed by atoms with Crippen LogP contribution in [0, 0.1) is 5.92 Å². The van der Waals surface area contributed by atoms with Gasteiger partial charge in [0.2, 0.25) is 0 Å². The van der Waals surface area contributed by atoms with Crippen LogP contribution in [0.1, 0.15) is 117 Å². The topological polar surface area (TPSA) is 63.6 Å². The Hall–Kier alpha value is -1.06. The number of carbonyl (C=O) groups excluding carboxylic acids is 1. The predicted octanol–water partition coefficient (Wildman–Crippen LogP) is 6.76. The number of carbonyl (C=O) groups is 2. The second-order valence-corrected chi connectivity index (χ2v) is 7.24. The van der Waals surface area contributed by atoms with Crippen LogP contribution >= 0.6 is 0 Å². The van der Waals surface area contributed by atoms with Gasteiger partial charge in [-0.3, -0.25) is 9.59 Å². The molecule has 0 heterocycles. The van der Waals surface area contributed by atoms with Crippen LogP contribution in [0.4, 0.5) is 0 Å². The van der Waals surface area contributed by atoms with Gasteiger partial charge in [-0.2, -0.15) is 0 Å². The molecule has 0 aliphatic rings. The molecule has 0 saturated carbocycles. The Kier molecular flexibility index (Phi) is 23.0. The highest BCUT2D eigenvalue weighted by molar-refractivity contribution is 5.69. The molecule has 1 atom stereocenters. The van der Waals surface area contributed by atoms with Gasteiger partial charge in [0.15, 0.2) is 0 Å². The number of carboxylic acids is 1. The van der Waals surface area contributed by atoms with E-state index in [1.54, 1.807) is 6.92 Å². The lowest BCUT2D eigenvalue weighted by molar-refractivity contribution is -0.142. The second-order valence-electron chi connectivity index (χ2n) is 7.24. The summed E-state index contributed by atoms with van der Waals surface area (Å²) in [6.45, 7) is 6.21. The number of unbranched alkanes of at least 4 members (excludes halogenated alkanes) is 11. The quantitative estimate of drug-likeness (QED) is 0.240. The summed E-state index contributed by atoms with van der Waals surface area (Å²) in [5, 5.41) is 8.62. The van der Waals surface area contributed by atoms with Gasteiger partial charge in [0.05, 0.1) is 13.0 Å². The van der Waals surface area contributed by atoms with E-state index >= 15 is 0 Å². The molecular weight excluding hydrogens is 328 g/mol. The van der Waals surface area contributed by atoms with Crippen LogP contribution < -0.4 is 0 Å². The molecule has 0 aromatic rings. The van der Waals surface area contributed by atoms with E-state index in [2.05, 4.69) is 18.6 Å². The molecule has 0 fully saturated rings. The fraction of sp³-hybridized carbons (Fsp3) is 0.909. The van der Waals surface area contributed by atoms with Crippen LogP contribution in [0.25, 0.3) is 0 Å². The molecular formula is C22H44O4. The van der Waals surface area contributed by atoms with Crippen LogP contribution in [-0.2, 0) is 14.3 Å². The molecule has 4 heteroatoms. The van der Waals surface area contributed by atoms with Crippen molar-refractivity contribution in [1.29, 1.82) is 0 Å². The number of hydrogen-bond acceptors (Lipinski definition) is 3. The first-order chi connectivity index (χ1) is 12.5. The first-order valence-corrected chi connectivity index (χ1v) is 10.8. The highest BCUT2D eigenvalue weighted by Gasteiger charge is 2.09. The first-order valence-electron chi connectivity index (χ1n) is 10.8. The Labute approximate surface area is 162 Å². The highest BCUT2D eigenvalue weighted by atomic mass is 16.5. The summed E-state index contributed by atoms with van der Waals surface area (Å²) in [6.07, 6.45) is 17.5. The molecule has 0 aromatic carbocycles. The Balaban J connectivity index is 0. The fourth-order valence-electron chi connectivity index (χ4n) is 2.68. The number of carboxylic acid groups (broad SMARTS) is 1. The number of rotatable bonds is 16. The largest absolute Gasteiger partial charge is 0.481 e. The molecule has 0 saturated heterocycles. The summed E-state index contributed by atoms with van der Waals surface area (Å²) in [4.78, 5) is 21.2. The van der Waals surface area contributed by atoms with Gasteiger partial charge >= 0.3 is 11.9 Å². The third-order valence-corrected chi connectivity index (χ3v) is 4.62. The second kappa shape index (κ2) is 22.0. The van der Waals surface area contributed by atoms with Gasteiger partial charge < -0.3 is 9.84 Å². The maximum absolute atomic E-state index is 10.7. The standard InChI is InChI=1S/2C11H22O2/c1-3-4-5-6-7-8-9-10-11(12)13-2;1-3-4-5-6-7-8-9-10(2)11(12)13/h3-10H2,1-2H3;10H,3-9H2,1-2H3,(H,12,13). The van der Waals surface area contributed by atoms with Crippen LogP contribution in [0.2, 0.25) is 0 Å². The average Bonchev–Trinajstić information content (AvgIpc) is 2.63. The molecule has 0 spiro atoms. The van der Waals surface area contributed by atoms with Crippen molar-refractivity contribution in [3.63, 3.8) is 0 Å². The van der Waals surface area contributed by atoms with Crippen molar-refractivity contribution in [2.24, 2.45) is 5.92 Å². The highest BCUT2D eigenvalue weighted by Crippen LogP contribution is 2.12. The molecule has 1 N–H and O–H groups in total. The van der Waals surface area contributed by atoms with Crippen molar-refractivity contribution in [3.05, 3.63) is 0 Å². The summed E-state index contributed by atoms with van der Waals surface area (Å²) < 4.78 is 4.56. The van der Waals surface area contributed by atoms with Gasteiger partial charge in [0.25, 0.3) is 0 Å². The lowest BCUT2D eigenvalue weighted by Gasteiger charge is -2.04. The summed E-state index contributed by atoms with van der Waals surface area (Å²) in [7, 11) is 1.45. The van der Waals surface area contributed by atoms with E-state index in [1.165, 1.54) is 77.7 Å². The minimum absolute atomic E-state index is 0.0754. The van der Waals surface area contributed by atoms with Gasteiger partial charge in [0.1, 0.15) is 0 Å². The van der Waals surface area contributed by atoms with E-state index in [0.29, 0.717) is 6.42 Å². The molecule has 4 nitrogen and oxygen atoms in total. The van der Waals surface area contributed by atoms with Gasteiger partial charge in [-0.25, -0.2) is 0 Å². The minimum atomic E-state index is -0.659. The SMILES string of the molecule is CCCCCCCCC(C)C(=O)O.CCCCCCCCCC(=O)OC. The van der Waals surface area contributed by atoms with E-state index in [-0.39, 0.29) is 11.9 Å². The lowest BCUT2D eigenvalue weighted by atomic mass is 10.0. The number of aliphatic carboxylic acids is 1. The Morgan fingerprint density at radius 3 is 1.62 bits per heavy atom. The van der Waals surface area contributed by atoms with Gasteiger partial charge in [0, 0.05) is 6.42 Å². The van der Waals surface area contributed by atoms with Gasteiger partial charge in [-0.15, -0.1) is 0 Å². The number of ether oxygens (including phenoxy) is 1. The van der Waals surface area contributed by atoms with Crippen LogP contribution in [-0.4, -0.2) is 24.2 Å². The molecule has 0 amide bonds. The molecule has 0 bridgehead atoms. The van der Waals surface area contributed by atoms with E-state index < -0.39 is 5.97 Å². The third-order valence-electron chi connectivity index (χ3n) is 4.62. The van der Waals surface area contributed by atoms with Gasteiger partial charge in [-0.05, 0) is 12.8 Å².